The molecule has 1 rings (SSSR count). The number of hydrogen-bond acceptors (Lipinski definition) is 3. The SMILES string of the molecule is Cc1cc(CNCC(N)C(C)C)sc1C. The van der Waals surface area contributed by atoms with E-state index in [0.717, 1.165) is 13.1 Å². The number of aryl methyl sites for hydroxylation is 2. The molecule has 0 aliphatic rings. The molecule has 1 atom stereocenters. The van der Waals surface area contributed by atoms with E-state index in [0.29, 0.717) is 5.92 Å². The minimum Gasteiger partial charge on any atom is -0.326 e. The van der Waals surface area contributed by atoms with Gasteiger partial charge in [0.1, 0.15) is 0 Å². The van der Waals surface area contributed by atoms with Gasteiger partial charge in [-0.2, -0.15) is 0 Å². The average Bonchev–Trinajstić information content (AvgIpc) is 2.46. The predicted molar refractivity (Wildman–Crippen MR) is 68.3 cm³/mol. The molecule has 0 aromatic carbocycles. The normalized spacial score (nSPS) is 13.5. The fourth-order valence-electron chi connectivity index (χ4n) is 1.33. The molecule has 86 valence electrons. The van der Waals surface area contributed by atoms with Crippen molar-refractivity contribution < 1.29 is 0 Å². The van der Waals surface area contributed by atoms with E-state index in [1.807, 2.05) is 11.3 Å². The summed E-state index contributed by atoms with van der Waals surface area (Å²) in [6.45, 7) is 10.5. The number of rotatable bonds is 5. The molecule has 0 aliphatic heterocycles. The van der Waals surface area contributed by atoms with Gasteiger partial charge in [0.25, 0.3) is 0 Å². The summed E-state index contributed by atoms with van der Waals surface area (Å²) in [6.07, 6.45) is 0. The Kier molecular flexibility index (Phi) is 4.77. The lowest BCUT2D eigenvalue weighted by Gasteiger charge is -2.15. The topological polar surface area (TPSA) is 38.0 Å². The van der Waals surface area contributed by atoms with Gasteiger partial charge in [0.15, 0.2) is 0 Å². The van der Waals surface area contributed by atoms with Crippen molar-refractivity contribution in [1.29, 1.82) is 0 Å². The highest BCUT2D eigenvalue weighted by Gasteiger charge is 2.07. The average molecular weight is 226 g/mol. The van der Waals surface area contributed by atoms with E-state index < -0.39 is 0 Å². The third-order valence-electron chi connectivity index (χ3n) is 2.75. The van der Waals surface area contributed by atoms with Gasteiger partial charge in [-0.05, 0) is 31.4 Å². The molecule has 0 saturated heterocycles. The Morgan fingerprint density at radius 2 is 2.07 bits per heavy atom. The van der Waals surface area contributed by atoms with Gasteiger partial charge in [-0.15, -0.1) is 11.3 Å². The summed E-state index contributed by atoms with van der Waals surface area (Å²) >= 11 is 1.87. The first-order chi connectivity index (χ1) is 7.00. The van der Waals surface area contributed by atoms with Gasteiger partial charge in [-0.25, -0.2) is 0 Å². The van der Waals surface area contributed by atoms with Crippen LogP contribution < -0.4 is 11.1 Å². The molecule has 15 heavy (non-hydrogen) atoms. The maximum atomic E-state index is 5.96. The molecule has 0 saturated carbocycles. The summed E-state index contributed by atoms with van der Waals surface area (Å²) in [5.41, 5.74) is 7.35. The molecule has 0 amide bonds. The minimum absolute atomic E-state index is 0.257. The van der Waals surface area contributed by atoms with Crippen molar-refractivity contribution in [1.82, 2.24) is 5.32 Å². The van der Waals surface area contributed by atoms with Crippen molar-refractivity contribution in [3.63, 3.8) is 0 Å². The first-order valence-electron chi connectivity index (χ1n) is 5.53. The smallest absolute Gasteiger partial charge is 0.0300 e. The molecule has 0 radical (unpaired) electrons. The van der Waals surface area contributed by atoms with Gasteiger partial charge in [-0.3, -0.25) is 0 Å². The molecule has 1 aromatic rings. The van der Waals surface area contributed by atoms with Crippen LogP contribution in [0.5, 0.6) is 0 Å². The second-order valence-corrected chi connectivity index (χ2v) is 5.83. The van der Waals surface area contributed by atoms with Gasteiger partial charge in [0.05, 0.1) is 0 Å². The zero-order chi connectivity index (χ0) is 11.4. The lowest BCUT2D eigenvalue weighted by atomic mass is 10.1. The Hall–Kier alpha value is -0.380. The maximum absolute atomic E-state index is 5.96. The monoisotopic (exact) mass is 226 g/mol. The Morgan fingerprint density at radius 1 is 1.40 bits per heavy atom. The first-order valence-corrected chi connectivity index (χ1v) is 6.34. The van der Waals surface area contributed by atoms with Crippen LogP contribution in [0.1, 0.15) is 29.2 Å². The van der Waals surface area contributed by atoms with E-state index in [1.165, 1.54) is 15.3 Å². The molecule has 0 aliphatic carbocycles. The lowest BCUT2D eigenvalue weighted by Crippen LogP contribution is -2.37. The second-order valence-electron chi connectivity index (χ2n) is 4.49. The molecule has 2 nitrogen and oxygen atoms in total. The largest absolute Gasteiger partial charge is 0.326 e. The molecule has 1 unspecified atom stereocenters. The number of nitrogens with one attached hydrogen (secondary N) is 1. The zero-order valence-corrected chi connectivity index (χ0v) is 10.9. The molecule has 1 heterocycles. The molecule has 0 bridgehead atoms. The van der Waals surface area contributed by atoms with E-state index >= 15 is 0 Å². The number of thiophene rings is 1. The van der Waals surface area contributed by atoms with Crippen LogP contribution in [0.2, 0.25) is 0 Å². The highest BCUT2D eigenvalue weighted by Crippen LogP contribution is 2.20. The van der Waals surface area contributed by atoms with Crippen LogP contribution in [0.15, 0.2) is 6.07 Å². The Bertz CT molecular complexity index is 285. The van der Waals surface area contributed by atoms with Gasteiger partial charge in [0, 0.05) is 28.9 Å². The van der Waals surface area contributed by atoms with Crippen LogP contribution in [0, 0.1) is 19.8 Å². The van der Waals surface area contributed by atoms with E-state index in [1.54, 1.807) is 0 Å². The van der Waals surface area contributed by atoms with Crippen molar-refractivity contribution in [2.24, 2.45) is 11.7 Å². The molecule has 3 heteroatoms. The third-order valence-corrected chi connectivity index (χ3v) is 3.91. The van der Waals surface area contributed by atoms with E-state index in [4.69, 9.17) is 5.73 Å². The summed E-state index contributed by atoms with van der Waals surface area (Å²) in [4.78, 5) is 2.82. The van der Waals surface area contributed by atoms with Crippen LogP contribution in [-0.2, 0) is 6.54 Å². The molecule has 0 spiro atoms. The Morgan fingerprint density at radius 3 is 2.53 bits per heavy atom. The molecule has 1 aromatic heterocycles. The molecule has 3 N–H and O–H groups in total. The second kappa shape index (κ2) is 5.64. The van der Waals surface area contributed by atoms with E-state index in [2.05, 4.69) is 39.1 Å². The quantitative estimate of drug-likeness (QED) is 0.809. The zero-order valence-electron chi connectivity index (χ0n) is 10.1. The summed E-state index contributed by atoms with van der Waals surface area (Å²) in [5, 5.41) is 3.41. The van der Waals surface area contributed by atoms with Gasteiger partial charge in [0.2, 0.25) is 0 Å². The Labute approximate surface area is 96.9 Å². The third kappa shape index (κ3) is 3.93. The maximum Gasteiger partial charge on any atom is 0.0300 e. The van der Waals surface area contributed by atoms with Crippen molar-refractivity contribution in [2.75, 3.05) is 6.54 Å². The van der Waals surface area contributed by atoms with Crippen molar-refractivity contribution in [3.05, 3.63) is 21.4 Å². The van der Waals surface area contributed by atoms with Crippen LogP contribution in [0.4, 0.5) is 0 Å². The van der Waals surface area contributed by atoms with Crippen LogP contribution in [-0.4, -0.2) is 12.6 Å². The summed E-state index contributed by atoms with van der Waals surface area (Å²) in [7, 11) is 0. The lowest BCUT2D eigenvalue weighted by molar-refractivity contribution is 0.459. The Balaban J connectivity index is 2.32. The van der Waals surface area contributed by atoms with Crippen LogP contribution >= 0.6 is 11.3 Å². The van der Waals surface area contributed by atoms with Crippen molar-refractivity contribution >= 4 is 11.3 Å². The summed E-state index contributed by atoms with van der Waals surface area (Å²) < 4.78 is 0. The minimum atomic E-state index is 0.257. The van der Waals surface area contributed by atoms with Gasteiger partial charge < -0.3 is 11.1 Å². The van der Waals surface area contributed by atoms with Crippen LogP contribution in [0.25, 0.3) is 0 Å². The first kappa shape index (κ1) is 12.7. The van der Waals surface area contributed by atoms with Crippen molar-refractivity contribution in [3.8, 4) is 0 Å². The van der Waals surface area contributed by atoms with Gasteiger partial charge >= 0.3 is 0 Å². The fraction of sp³-hybridized carbons (Fsp3) is 0.667. The van der Waals surface area contributed by atoms with Gasteiger partial charge in [-0.1, -0.05) is 13.8 Å². The standard InChI is InChI=1S/C12H22N2S/c1-8(2)12(13)7-14-6-11-5-9(3)10(4)15-11/h5,8,12,14H,6-7,13H2,1-4H3. The molecular formula is C12H22N2S. The van der Waals surface area contributed by atoms with E-state index in [9.17, 15) is 0 Å². The summed E-state index contributed by atoms with van der Waals surface area (Å²) in [6, 6.07) is 2.51. The van der Waals surface area contributed by atoms with E-state index in [-0.39, 0.29) is 6.04 Å². The molecular weight excluding hydrogens is 204 g/mol. The predicted octanol–water partition coefficient (Wildman–Crippen LogP) is 2.44. The summed E-state index contributed by atoms with van der Waals surface area (Å²) in [5.74, 6) is 0.546. The highest BCUT2D eigenvalue weighted by molar-refractivity contribution is 7.12. The number of hydrogen-bond donors (Lipinski definition) is 2. The fourth-order valence-corrected chi connectivity index (χ4v) is 2.36. The van der Waals surface area contributed by atoms with Crippen LogP contribution in [0.3, 0.4) is 0 Å². The number of nitrogens with two attached hydrogens (primary N) is 1. The highest BCUT2D eigenvalue weighted by atomic mass is 32.1. The van der Waals surface area contributed by atoms with Crippen molar-refractivity contribution in [2.45, 2.75) is 40.3 Å². The molecule has 0 fully saturated rings.